The van der Waals surface area contributed by atoms with E-state index in [0.717, 1.165) is 11.3 Å². The Balaban J connectivity index is 1.89. The van der Waals surface area contributed by atoms with E-state index < -0.39 is 17.1 Å². The molecule has 1 aliphatic carbocycles. The monoisotopic (exact) mass is 253 g/mol. The van der Waals surface area contributed by atoms with Gasteiger partial charge in [0, 0.05) is 22.4 Å². The first-order valence-electron chi connectivity index (χ1n) is 6.26. The highest BCUT2D eigenvalue weighted by Crippen LogP contribution is 2.77. The van der Waals surface area contributed by atoms with Crippen molar-refractivity contribution < 1.29 is 14.9 Å². The van der Waals surface area contributed by atoms with E-state index in [-0.39, 0.29) is 0 Å². The number of ether oxygens (including phenoxy) is 1. The lowest BCUT2D eigenvalue weighted by Crippen LogP contribution is -2.41. The van der Waals surface area contributed by atoms with Crippen molar-refractivity contribution >= 4 is 5.69 Å². The van der Waals surface area contributed by atoms with Crippen LogP contribution < -0.4 is 5.32 Å². The van der Waals surface area contributed by atoms with Gasteiger partial charge < -0.3 is 20.3 Å². The first-order valence-corrected chi connectivity index (χ1v) is 6.26. The van der Waals surface area contributed by atoms with E-state index in [4.69, 9.17) is 4.74 Å². The minimum Gasteiger partial charge on any atom is -0.364 e. The lowest BCUT2D eigenvalue weighted by molar-refractivity contribution is -0.0109. The Hall–Kier alpha value is -1.88. The number of hydrogen-bond donors (Lipinski definition) is 3. The highest BCUT2D eigenvalue weighted by atomic mass is 16.8. The lowest BCUT2D eigenvalue weighted by Gasteiger charge is -2.25. The van der Waals surface area contributed by atoms with Crippen molar-refractivity contribution in [3.8, 4) is 0 Å². The van der Waals surface area contributed by atoms with E-state index in [0.29, 0.717) is 11.1 Å². The molecule has 1 spiro atoms. The van der Waals surface area contributed by atoms with Gasteiger partial charge in [0.1, 0.15) is 0 Å². The van der Waals surface area contributed by atoms with Crippen molar-refractivity contribution in [2.75, 3.05) is 5.32 Å². The fourth-order valence-electron chi connectivity index (χ4n) is 3.73. The number of epoxide rings is 1. The number of aliphatic hydroxyl groups is 2. The minimum atomic E-state index is -1.43. The number of rotatable bonds is 0. The van der Waals surface area contributed by atoms with Crippen molar-refractivity contribution in [3.05, 3.63) is 65.2 Å². The third-order valence-electron chi connectivity index (χ3n) is 4.55. The normalized spacial score (nSPS) is 39.9. The van der Waals surface area contributed by atoms with E-state index in [1.807, 2.05) is 42.5 Å². The summed E-state index contributed by atoms with van der Waals surface area (Å²) in [6.07, 6.45) is 0. The quantitative estimate of drug-likeness (QED) is 0.620. The van der Waals surface area contributed by atoms with Crippen molar-refractivity contribution in [1.82, 2.24) is 0 Å². The van der Waals surface area contributed by atoms with Crippen LogP contribution in [0, 0.1) is 0 Å². The number of nitrogens with one attached hydrogen (secondary N) is 1. The molecule has 3 unspecified atom stereocenters. The van der Waals surface area contributed by atoms with E-state index >= 15 is 0 Å². The second-order valence-electron chi connectivity index (χ2n) is 5.35. The van der Waals surface area contributed by atoms with Crippen LogP contribution in [0.25, 0.3) is 0 Å². The number of benzene rings is 2. The molecule has 0 saturated carbocycles. The topological polar surface area (TPSA) is 65.0 Å². The molecule has 94 valence electrons. The molecule has 0 radical (unpaired) electrons. The molecule has 2 aromatic carbocycles. The molecule has 3 aliphatic rings. The number of para-hydroxylation sites is 1. The number of anilines is 1. The van der Waals surface area contributed by atoms with Gasteiger partial charge >= 0.3 is 0 Å². The molecular formula is C15H11NO3. The van der Waals surface area contributed by atoms with Gasteiger partial charge in [-0.05, 0) is 6.07 Å². The van der Waals surface area contributed by atoms with Gasteiger partial charge in [0.05, 0.1) is 0 Å². The molecule has 2 aromatic rings. The van der Waals surface area contributed by atoms with Gasteiger partial charge in [0.15, 0.2) is 0 Å². The average Bonchev–Trinajstić information content (AvgIpc) is 2.94. The van der Waals surface area contributed by atoms with Crippen molar-refractivity contribution in [2.45, 2.75) is 17.1 Å². The summed E-state index contributed by atoms with van der Waals surface area (Å²) in [6.45, 7) is 0. The molecule has 1 fully saturated rings. The van der Waals surface area contributed by atoms with Crippen LogP contribution in [0.15, 0.2) is 48.5 Å². The molecular weight excluding hydrogens is 242 g/mol. The molecule has 4 nitrogen and oxygen atoms in total. The molecule has 3 atom stereocenters. The summed E-state index contributed by atoms with van der Waals surface area (Å²) in [5.74, 6) is -1.43. The molecule has 0 aromatic heterocycles. The Morgan fingerprint density at radius 1 is 0.842 bits per heavy atom. The third kappa shape index (κ3) is 0.758. The molecule has 0 amide bonds. The third-order valence-corrected chi connectivity index (χ3v) is 4.55. The predicted molar refractivity (Wildman–Crippen MR) is 67.1 cm³/mol. The van der Waals surface area contributed by atoms with Crippen molar-refractivity contribution in [1.29, 1.82) is 0 Å². The van der Waals surface area contributed by atoms with Crippen LogP contribution in [0.2, 0.25) is 0 Å². The second-order valence-corrected chi connectivity index (χ2v) is 5.35. The van der Waals surface area contributed by atoms with E-state index in [1.165, 1.54) is 0 Å². The zero-order chi connectivity index (χ0) is 12.9. The van der Waals surface area contributed by atoms with Crippen LogP contribution in [-0.2, 0) is 21.9 Å². The van der Waals surface area contributed by atoms with Gasteiger partial charge in [-0.15, -0.1) is 0 Å². The second kappa shape index (κ2) is 2.54. The molecule has 2 aliphatic heterocycles. The Labute approximate surface area is 109 Å². The maximum absolute atomic E-state index is 11.1. The van der Waals surface area contributed by atoms with Crippen LogP contribution in [0.5, 0.6) is 0 Å². The largest absolute Gasteiger partial charge is 0.364 e. The van der Waals surface area contributed by atoms with E-state index in [9.17, 15) is 10.2 Å². The summed E-state index contributed by atoms with van der Waals surface area (Å²) >= 11 is 0. The molecule has 1 saturated heterocycles. The maximum Gasteiger partial charge on any atom is 0.234 e. The summed E-state index contributed by atoms with van der Waals surface area (Å²) in [5, 5.41) is 25.0. The average molecular weight is 253 g/mol. The predicted octanol–water partition coefficient (Wildman–Crippen LogP) is 1.34. The first-order chi connectivity index (χ1) is 9.13. The van der Waals surface area contributed by atoms with E-state index in [1.54, 1.807) is 6.07 Å². The summed E-state index contributed by atoms with van der Waals surface area (Å²) in [4.78, 5) is 0. The fraction of sp³-hybridized carbons (Fsp3) is 0.200. The minimum absolute atomic E-state index is 0.638. The smallest absolute Gasteiger partial charge is 0.234 e. The Kier molecular flexibility index (Phi) is 1.33. The van der Waals surface area contributed by atoms with Gasteiger partial charge in [0.25, 0.3) is 0 Å². The highest BCUT2D eigenvalue weighted by molar-refractivity contribution is 5.72. The van der Waals surface area contributed by atoms with Gasteiger partial charge in [0.2, 0.25) is 17.1 Å². The van der Waals surface area contributed by atoms with Crippen LogP contribution in [0.3, 0.4) is 0 Å². The molecule has 0 bridgehead atoms. The standard InChI is InChI=1S/C15H11NO3/c17-14-9-5-1-2-6-10(9)15(18)13(14,19-15)11-7-3-4-8-12(11)16-14/h1-8,16-18H. The Bertz CT molecular complexity index is 746. The Morgan fingerprint density at radius 2 is 1.47 bits per heavy atom. The van der Waals surface area contributed by atoms with E-state index in [2.05, 4.69) is 5.32 Å². The SMILES string of the molecule is OC12Nc3ccccc3C13OC3(O)c1ccccc12. The van der Waals surface area contributed by atoms with Gasteiger partial charge in [-0.3, -0.25) is 0 Å². The molecule has 4 heteroatoms. The maximum atomic E-state index is 11.1. The first kappa shape index (κ1) is 9.97. The Morgan fingerprint density at radius 3 is 2.26 bits per heavy atom. The van der Waals surface area contributed by atoms with Gasteiger partial charge in [-0.2, -0.15) is 0 Å². The summed E-state index contributed by atoms with van der Waals surface area (Å²) in [6, 6.07) is 14.8. The highest BCUT2D eigenvalue weighted by Gasteiger charge is 2.89. The fourth-order valence-corrected chi connectivity index (χ4v) is 3.73. The van der Waals surface area contributed by atoms with Crippen LogP contribution in [0.1, 0.15) is 16.7 Å². The van der Waals surface area contributed by atoms with Crippen LogP contribution in [-0.4, -0.2) is 10.2 Å². The molecule has 3 N–H and O–H groups in total. The number of hydrogen-bond acceptors (Lipinski definition) is 4. The molecule has 19 heavy (non-hydrogen) atoms. The van der Waals surface area contributed by atoms with Gasteiger partial charge in [-0.1, -0.05) is 42.5 Å². The van der Waals surface area contributed by atoms with Gasteiger partial charge in [-0.25, -0.2) is 0 Å². The zero-order valence-electron chi connectivity index (χ0n) is 9.92. The zero-order valence-corrected chi connectivity index (χ0v) is 9.92. The van der Waals surface area contributed by atoms with Crippen molar-refractivity contribution in [3.63, 3.8) is 0 Å². The van der Waals surface area contributed by atoms with Crippen LogP contribution in [0.4, 0.5) is 5.69 Å². The summed E-state index contributed by atoms with van der Waals surface area (Å²) in [7, 11) is 0. The number of fused-ring (bicyclic) bond motifs is 4. The van der Waals surface area contributed by atoms with Crippen LogP contribution >= 0.6 is 0 Å². The summed E-state index contributed by atoms with van der Waals surface area (Å²) < 4.78 is 5.65. The van der Waals surface area contributed by atoms with Crippen molar-refractivity contribution in [2.24, 2.45) is 0 Å². The lowest BCUT2D eigenvalue weighted by atomic mass is 9.90. The molecule has 5 rings (SSSR count). The molecule has 2 heterocycles. The summed E-state index contributed by atoms with van der Waals surface area (Å²) in [5.41, 5.74) is 0.411.